The first-order valence-electron chi connectivity index (χ1n) is 18.7. The molecule has 8 fully saturated rings. The first-order chi connectivity index (χ1) is 24.3. The molecule has 10 aliphatic rings. The van der Waals surface area contributed by atoms with Gasteiger partial charge in [0, 0.05) is 62.7 Å². The van der Waals surface area contributed by atoms with Crippen molar-refractivity contribution < 1.29 is 64.8 Å². The first-order valence-corrected chi connectivity index (χ1v) is 18.7. The van der Waals surface area contributed by atoms with Crippen molar-refractivity contribution in [3.05, 3.63) is 22.7 Å². The van der Waals surface area contributed by atoms with Crippen LogP contribution in [0.2, 0.25) is 0 Å². The summed E-state index contributed by atoms with van der Waals surface area (Å²) in [6.07, 6.45) is -7.54. The summed E-state index contributed by atoms with van der Waals surface area (Å²) >= 11 is 0. The van der Waals surface area contributed by atoms with E-state index in [2.05, 4.69) is 13.8 Å². The minimum Gasteiger partial charge on any atom is -0.456 e. The van der Waals surface area contributed by atoms with Gasteiger partial charge in [0.1, 0.15) is 0 Å². The Morgan fingerprint density at radius 3 is 1.35 bits per heavy atom. The van der Waals surface area contributed by atoms with Crippen LogP contribution in [0.25, 0.3) is 0 Å². The molecule has 2 saturated carbocycles. The molecule has 16 heteroatoms. The summed E-state index contributed by atoms with van der Waals surface area (Å²) in [6, 6.07) is 0. The minimum absolute atomic E-state index is 0.0774. The lowest BCUT2D eigenvalue weighted by atomic mass is 9.59. The molecule has 0 radical (unpaired) electrons. The van der Waals surface area contributed by atoms with Gasteiger partial charge in [0.2, 0.25) is 35.7 Å². The highest BCUT2D eigenvalue weighted by Gasteiger charge is 2.72. The molecule has 12 atom stereocenters. The van der Waals surface area contributed by atoms with Crippen molar-refractivity contribution in [3.63, 3.8) is 0 Å². The van der Waals surface area contributed by atoms with Crippen molar-refractivity contribution >= 4 is 0 Å². The lowest BCUT2D eigenvalue weighted by Crippen LogP contribution is -2.67. The van der Waals surface area contributed by atoms with Gasteiger partial charge >= 0.3 is 12.4 Å². The Kier molecular flexibility index (Phi) is 8.90. The van der Waals surface area contributed by atoms with Crippen LogP contribution in [0.5, 0.6) is 0 Å². The molecule has 2 aliphatic carbocycles. The fourth-order valence-electron chi connectivity index (χ4n) is 10.9. The summed E-state index contributed by atoms with van der Waals surface area (Å²) in [5, 5.41) is 0. The van der Waals surface area contributed by atoms with Gasteiger partial charge in [-0.25, -0.2) is 19.6 Å². The zero-order valence-corrected chi connectivity index (χ0v) is 30.5. The standard InChI is InChI=1S/C36H50F6N2O8/c1-19-7-9-25-21(27(35(37,38)39)45-29-33(25)23(19)11-13-31(3,47-29)49-51-33)17-43(5)15-16-44(6)18-22-26-10-8-20(2)24-12-14-32(4)48-30(34(24,26)52-50-32)46-28(22)36(40,41)42/h19-20,23-26,29-30H,7-18H2,1-6H3/t19-,20-,23?,24?,25+,26+,29-,30-,31-,32-,33-,34-/m1/s1. The molecule has 2 unspecified atom stereocenters. The third kappa shape index (κ3) is 5.74. The highest BCUT2D eigenvalue weighted by atomic mass is 19.4. The van der Waals surface area contributed by atoms with Gasteiger partial charge in [0.05, 0.1) is 0 Å². The zero-order valence-electron chi connectivity index (χ0n) is 30.5. The number of allylic oxidation sites excluding steroid dienone is 2. The summed E-state index contributed by atoms with van der Waals surface area (Å²) in [6.45, 7) is 7.83. The molecule has 4 bridgehead atoms. The Labute approximate surface area is 299 Å². The van der Waals surface area contributed by atoms with Crippen molar-refractivity contribution in [3.8, 4) is 0 Å². The van der Waals surface area contributed by atoms with Gasteiger partial charge in [-0.2, -0.15) is 26.3 Å². The van der Waals surface area contributed by atoms with Crippen LogP contribution < -0.4 is 0 Å². The molecular weight excluding hydrogens is 702 g/mol. The summed E-state index contributed by atoms with van der Waals surface area (Å²) in [5.74, 6) is -5.84. The van der Waals surface area contributed by atoms with Crippen LogP contribution in [0.3, 0.4) is 0 Å². The highest BCUT2D eigenvalue weighted by Crippen LogP contribution is 2.63. The van der Waals surface area contributed by atoms with Gasteiger partial charge in [0.15, 0.2) is 11.2 Å². The molecule has 10 nitrogen and oxygen atoms in total. The molecule has 8 aliphatic heterocycles. The molecule has 0 N–H and O–H groups in total. The van der Waals surface area contributed by atoms with E-state index >= 15 is 0 Å². The molecule has 0 aromatic carbocycles. The predicted octanol–water partition coefficient (Wildman–Crippen LogP) is 6.97. The van der Waals surface area contributed by atoms with Crippen LogP contribution in [0.15, 0.2) is 22.7 Å². The van der Waals surface area contributed by atoms with Crippen LogP contribution in [0, 0.1) is 35.5 Å². The van der Waals surface area contributed by atoms with Crippen molar-refractivity contribution in [2.24, 2.45) is 35.5 Å². The molecule has 294 valence electrons. The average Bonchev–Trinajstić information content (AvgIpc) is 3.43. The number of hydrogen-bond donors (Lipinski definition) is 0. The maximum Gasteiger partial charge on any atom is 0.449 e. The normalized spacial score (nSPS) is 45.7. The van der Waals surface area contributed by atoms with E-state index in [1.54, 1.807) is 37.7 Å². The van der Waals surface area contributed by atoms with E-state index in [0.29, 0.717) is 51.4 Å². The Hall–Kier alpha value is -1.66. The lowest BCUT2D eigenvalue weighted by molar-refractivity contribution is -0.557. The summed E-state index contributed by atoms with van der Waals surface area (Å²) in [7, 11) is 3.41. The van der Waals surface area contributed by atoms with E-state index in [-0.39, 0.29) is 61.0 Å². The Morgan fingerprint density at radius 1 is 0.596 bits per heavy atom. The zero-order chi connectivity index (χ0) is 37.2. The van der Waals surface area contributed by atoms with Gasteiger partial charge in [-0.15, -0.1) is 0 Å². The smallest absolute Gasteiger partial charge is 0.449 e. The van der Waals surface area contributed by atoms with Crippen LogP contribution in [0.4, 0.5) is 26.3 Å². The molecule has 52 heavy (non-hydrogen) atoms. The van der Waals surface area contributed by atoms with Gasteiger partial charge in [0.25, 0.3) is 0 Å². The molecule has 0 amide bonds. The summed E-state index contributed by atoms with van der Waals surface area (Å²) in [5.41, 5.74) is -2.30. The summed E-state index contributed by atoms with van der Waals surface area (Å²) in [4.78, 5) is 27.2. The minimum atomic E-state index is -4.78. The fourth-order valence-corrected chi connectivity index (χ4v) is 10.9. The topological polar surface area (TPSA) is 80.3 Å². The van der Waals surface area contributed by atoms with E-state index in [9.17, 15) is 26.3 Å². The van der Waals surface area contributed by atoms with Crippen LogP contribution in [-0.4, -0.2) is 97.8 Å². The monoisotopic (exact) mass is 752 g/mol. The number of ether oxygens (including phenoxy) is 4. The number of nitrogens with zero attached hydrogens (tertiary/aromatic N) is 2. The molecule has 8 heterocycles. The third-order valence-corrected chi connectivity index (χ3v) is 13.6. The van der Waals surface area contributed by atoms with Crippen LogP contribution in [0.1, 0.15) is 79.1 Å². The van der Waals surface area contributed by atoms with Crippen molar-refractivity contribution in [1.29, 1.82) is 0 Å². The van der Waals surface area contributed by atoms with Crippen LogP contribution in [-0.2, 0) is 38.5 Å². The molecule has 0 aromatic rings. The van der Waals surface area contributed by atoms with Crippen molar-refractivity contribution in [2.75, 3.05) is 40.3 Å². The molecular formula is C36H50F6N2O8. The first kappa shape index (κ1) is 37.3. The Morgan fingerprint density at radius 2 is 0.981 bits per heavy atom. The van der Waals surface area contributed by atoms with E-state index in [0.717, 1.165) is 0 Å². The SMILES string of the molecule is C[C@@H]1CC[C@H]2C(CN(C)CCN(C)CC3=C(C(F)(F)F)O[C@@H]4O[C@@]5(C)CCC6[C@H](C)CC[C@@H]3[C@]64OO5)=C(C(F)(F)F)O[C@@H]3O[C@@]4(C)CCC1[C@]32OO4. The predicted molar refractivity (Wildman–Crippen MR) is 169 cm³/mol. The number of likely N-dealkylation sites (N-methyl/N-ethyl adjacent to an activating group) is 2. The maximum atomic E-state index is 14.7. The van der Waals surface area contributed by atoms with E-state index < -0.39 is 71.1 Å². The third-order valence-electron chi connectivity index (χ3n) is 13.6. The number of rotatable bonds is 7. The number of fused-ring (bicyclic) bond motifs is 4. The second kappa shape index (κ2) is 12.4. The van der Waals surface area contributed by atoms with Gasteiger partial charge in [-0.1, -0.05) is 13.8 Å². The van der Waals surface area contributed by atoms with Crippen molar-refractivity contribution in [2.45, 2.75) is 127 Å². The maximum absolute atomic E-state index is 14.7. The molecule has 2 spiro atoms. The molecule has 10 rings (SSSR count). The average molecular weight is 753 g/mol. The quantitative estimate of drug-likeness (QED) is 0.201. The van der Waals surface area contributed by atoms with Crippen LogP contribution >= 0.6 is 0 Å². The van der Waals surface area contributed by atoms with E-state index in [4.69, 9.17) is 38.5 Å². The van der Waals surface area contributed by atoms with Gasteiger partial charge < -0.3 is 28.7 Å². The highest BCUT2D eigenvalue weighted by molar-refractivity contribution is 5.30. The van der Waals surface area contributed by atoms with Gasteiger partial charge in [-0.05, 0) is 89.4 Å². The fraction of sp³-hybridized carbons (Fsp3) is 0.889. The largest absolute Gasteiger partial charge is 0.456 e. The summed E-state index contributed by atoms with van der Waals surface area (Å²) < 4.78 is 112. The lowest BCUT2D eigenvalue weighted by Gasteiger charge is -2.57. The Bertz CT molecular complexity index is 1380. The Balaban J connectivity index is 1.03. The van der Waals surface area contributed by atoms with E-state index in [1.165, 1.54) is 0 Å². The van der Waals surface area contributed by atoms with Crippen molar-refractivity contribution in [1.82, 2.24) is 9.80 Å². The second-order valence-electron chi connectivity index (χ2n) is 17.1. The number of alkyl halides is 6. The molecule has 6 saturated heterocycles. The molecule has 0 aromatic heterocycles. The number of hydrogen-bond acceptors (Lipinski definition) is 10. The van der Waals surface area contributed by atoms with Gasteiger partial charge in [-0.3, -0.25) is 0 Å². The number of halogens is 6. The second-order valence-corrected chi connectivity index (χ2v) is 17.1. The van der Waals surface area contributed by atoms with E-state index in [1.807, 2.05) is 0 Å².